The molecule has 0 aliphatic heterocycles. The fourth-order valence-corrected chi connectivity index (χ4v) is 2.36. The summed E-state index contributed by atoms with van der Waals surface area (Å²) in [6.07, 6.45) is 0. The van der Waals surface area contributed by atoms with Crippen LogP contribution in [0.4, 0.5) is 5.69 Å². The maximum absolute atomic E-state index is 12.3. The molecule has 0 heterocycles. The topological polar surface area (TPSA) is 93.8 Å². The molecule has 24 heavy (non-hydrogen) atoms. The van der Waals surface area contributed by atoms with Gasteiger partial charge < -0.3 is 5.32 Å². The molecule has 0 aromatic heterocycles. The zero-order valence-electron chi connectivity index (χ0n) is 12.1. The van der Waals surface area contributed by atoms with E-state index in [1.807, 2.05) is 6.07 Å². The Bertz CT molecular complexity index is 897. The highest BCUT2D eigenvalue weighted by Crippen LogP contribution is 2.21. The molecule has 2 aromatic rings. The molecule has 0 fully saturated rings. The monoisotopic (exact) mass is 357 g/mol. The fraction of sp³-hybridized carbons (Fsp3) is 0.0588. The van der Waals surface area contributed by atoms with Crippen LogP contribution in [0.3, 0.4) is 0 Å². The standard InChI is InChI=1S/C17H9Cl2N3O2/c18-12-3-1-2-10(6-12)16(23)14(9-21)17(24)22-13-5-4-11(8-20)15(19)7-13/h1-7,14H,(H,22,24). The molecule has 0 radical (unpaired) electrons. The maximum atomic E-state index is 12.3. The van der Waals surface area contributed by atoms with Crippen LogP contribution >= 0.6 is 23.2 Å². The lowest BCUT2D eigenvalue weighted by Gasteiger charge is -2.10. The number of hydrogen-bond donors (Lipinski definition) is 1. The summed E-state index contributed by atoms with van der Waals surface area (Å²) in [6.45, 7) is 0. The van der Waals surface area contributed by atoms with E-state index in [0.717, 1.165) is 0 Å². The van der Waals surface area contributed by atoms with Gasteiger partial charge in [0.15, 0.2) is 11.7 Å². The predicted octanol–water partition coefficient (Wildman–Crippen LogP) is 3.83. The van der Waals surface area contributed by atoms with Crippen molar-refractivity contribution in [3.63, 3.8) is 0 Å². The number of anilines is 1. The highest BCUT2D eigenvalue weighted by molar-refractivity contribution is 6.32. The Morgan fingerprint density at radius 1 is 1.08 bits per heavy atom. The van der Waals surface area contributed by atoms with E-state index in [1.165, 1.54) is 30.3 Å². The number of nitriles is 2. The minimum Gasteiger partial charge on any atom is -0.324 e. The van der Waals surface area contributed by atoms with Crippen molar-refractivity contribution >= 4 is 40.6 Å². The first-order valence-electron chi connectivity index (χ1n) is 6.66. The second-order valence-corrected chi connectivity index (χ2v) is 5.58. The Labute approximate surface area is 148 Å². The van der Waals surface area contributed by atoms with E-state index in [9.17, 15) is 14.9 Å². The molecule has 0 aliphatic carbocycles. The van der Waals surface area contributed by atoms with Crippen LogP contribution in [0, 0.1) is 28.6 Å². The van der Waals surface area contributed by atoms with Crippen LogP contribution in [-0.2, 0) is 4.79 Å². The van der Waals surface area contributed by atoms with Gasteiger partial charge in [-0.15, -0.1) is 0 Å². The third-order valence-electron chi connectivity index (χ3n) is 3.12. The predicted molar refractivity (Wildman–Crippen MR) is 89.7 cm³/mol. The third kappa shape index (κ3) is 3.91. The van der Waals surface area contributed by atoms with Gasteiger partial charge in [-0.05, 0) is 30.3 Å². The average Bonchev–Trinajstić information content (AvgIpc) is 2.55. The van der Waals surface area contributed by atoms with Crippen LogP contribution in [-0.4, -0.2) is 11.7 Å². The van der Waals surface area contributed by atoms with Crippen molar-refractivity contribution in [1.29, 1.82) is 10.5 Å². The molecule has 2 rings (SSSR count). The second kappa shape index (κ2) is 7.61. The Morgan fingerprint density at radius 3 is 2.42 bits per heavy atom. The van der Waals surface area contributed by atoms with Gasteiger partial charge in [-0.2, -0.15) is 10.5 Å². The van der Waals surface area contributed by atoms with Crippen molar-refractivity contribution in [2.75, 3.05) is 5.32 Å². The summed E-state index contributed by atoms with van der Waals surface area (Å²) in [7, 11) is 0. The minimum atomic E-state index is -1.53. The lowest BCUT2D eigenvalue weighted by molar-refractivity contribution is -0.117. The van der Waals surface area contributed by atoms with Crippen molar-refractivity contribution in [3.8, 4) is 12.1 Å². The molecule has 2 aromatic carbocycles. The number of nitrogens with one attached hydrogen (secondary N) is 1. The van der Waals surface area contributed by atoms with Crippen molar-refractivity contribution < 1.29 is 9.59 Å². The first-order valence-corrected chi connectivity index (χ1v) is 7.41. The zero-order valence-corrected chi connectivity index (χ0v) is 13.6. The quantitative estimate of drug-likeness (QED) is 0.664. The summed E-state index contributed by atoms with van der Waals surface area (Å²) in [5.41, 5.74) is 0.701. The molecule has 0 saturated heterocycles. The Morgan fingerprint density at radius 2 is 1.83 bits per heavy atom. The van der Waals surface area contributed by atoms with Gasteiger partial charge >= 0.3 is 0 Å². The van der Waals surface area contributed by atoms with Crippen molar-refractivity contribution in [2.45, 2.75) is 0 Å². The second-order valence-electron chi connectivity index (χ2n) is 4.73. The van der Waals surface area contributed by atoms with Gasteiger partial charge in [-0.25, -0.2) is 0 Å². The lowest BCUT2D eigenvalue weighted by Crippen LogP contribution is -2.28. The smallest absolute Gasteiger partial charge is 0.249 e. The normalized spacial score (nSPS) is 11.0. The largest absolute Gasteiger partial charge is 0.324 e. The first kappa shape index (κ1) is 17.5. The SMILES string of the molecule is N#Cc1ccc(NC(=O)C(C#N)C(=O)c2cccc(Cl)c2)cc1Cl. The van der Waals surface area contributed by atoms with Gasteiger partial charge in [0.1, 0.15) is 6.07 Å². The van der Waals surface area contributed by atoms with Crippen LogP contribution in [0.1, 0.15) is 15.9 Å². The summed E-state index contributed by atoms with van der Waals surface area (Å²) in [4.78, 5) is 24.5. The Kier molecular flexibility index (Phi) is 5.55. The van der Waals surface area contributed by atoms with Crippen LogP contribution in [0.2, 0.25) is 10.0 Å². The molecule has 1 N–H and O–H groups in total. The third-order valence-corrected chi connectivity index (χ3v) is 3.67. The minimum absolute atomic E-state index is 0.157. The summed E-state index contributed by atoms with van der Waals surface area (Å²) in [5.74, 6) is -2.97. The molecule has 0 bridgehead atoms. The summed E-state index contributed by atoms with van der Waals surface area (Å²) in [6, 6.07) is 13.8. The molecule has 0 aliphatic rings. The van der Waals surface area contributed by atoms with E-state index in [4.69, 9.17) is 28.5 Å². The molecule has 5 nitrogen and oxygen atoms in total. The molecule has 1 amide bonds. The van der Waals surface area contributed by atoms with Gasteiger partial charge in [0.2, 0.25) is 5.91 Å². The summed E-state index contributed by atoms with van der Waals surface area (Å²) in [5, 5.41) is 20.9. The molecular weight excluding hydrogens is 349 g/mol. The molecule has 7 heteroatoms. The van der Waals surface area contributed by atoms with Crippen LogP contribution in [0.25, 0.3) is 0 Å². The highest BCUT2D eigenvalue weighted by atomic mass is 35.5. The van der Waals surface area contributed by atoms with Crippen LogP contribution in [0.5, 0.6) is 0 Å². The van der Waals surface area contributed by atoms with Gasteiger partial charge in [0, 0.05) is 16.3 Å². The van der Waals surface area contributed by atoms with Crippen LogP contribution in [0.15, 0.2) is 42.5 Å². The molecular formula is C17H9Cl2N3O2. The average molecular weight is 358 g/mol. The lowest BCUT2D eigenvalue weighted by atomic mass is 9.98. The molecule has 0 spiro atoms. The number of halogens is 2. The number of amides is 1. The summed E-state index contributed by atoms with van der Waals surface area (Å²) < 4.78 is 0. The first-order chi connectivity index (χ1) is 11.5. The number of ketones is 1. The van der Waals surface area contributed by atoms with Crippen molar-refractivity contribution in [3.05, 3.63) is 63.6 Å². The van der Waals surface area contributed by atoms with E-state index >= 15 is 0 Å². The van der Waals surface area contributed by atoms with E-state index in [1.54, 1.807) is 18.2 Å². The van der Waals surface area contributed by atoms with E-state index in [0.29, 0.717) is 5.02 Å². The van der Waals surface area contributed by atoms with E-state index in [-0.39, 0.29) is 21.8 Å². The number of carbonyl (C=O) groups excluding carboxylic acids is 2. The number of Topliss-reactive ketones (excluding diaryl/α,β-unsaturated/α-hetero) is 1. The molecule has 118 valence electrons. The van der Waals surface area contributed by atoms with Crippen molar-refractivity contribution in [1.82, 2.24) is 0 Å². The fourth-order valence-electron chi connectivity index (χ4n) is 1.94. The number of hydrogen-bond acceptors (Lipinski definition) is 4. The maximum Gasteiger partial charge on any atom is 0.249 e. The van der Waals surface area contributed by atoms with Gasteiger partial charge in [0.05, 0.1) is 16.7 Å². The number of rotatable bonds is 4. The molecule has 1 unspecified atom stereocenters. The summed E-state index contributed by atoms with van der Waals surface area (Å²) >= 11 is 11.7. The van der Waals surface area contributed by atoms with Gasteiger partial charge in [-0.1, -0.05) is 35.3 Å². The van der Waals surface area contributed by atoms with Crippen LogP contribution < -0.4 is 5.32 Å². The van der Waals surface area contributed by atoms with Gasteiger partial charge in [-0.3, -0.25) is 9.59 Å². The number of benzene rings is 2. The van der Waals surface area contributed by atoms with Crippen molar-refractivity contribution in [2.24, 2.45) is 5.92 Å². The van der Waals surface area contributed by atoms with Gasteiger partial charge in [0.25, 0.3) is 0 Å². The van der Waals surface area contributed by atoms with E-state index < -0.39 is 17.6 Å². The zero-order chi connectivity index (χ0) is 17.7. The molecule has 1 atom stereocenters. The Hall–Kier alpha value is -2.86. The number of carbonyl (C=O) groups is 2. The van der Waals surface area contributed by atoms with E-state index in [2.05, 4.69) is 5.32 Å². The number of nitrogens with zero attached hydrogens (tertiary/aromatic N) is 2. The molecule has 0 saturated carbocycles. The Balaban J connectivity index is 2.21. The highest BCUT2D eigenvalue weighted by Gasteiger charge is 2.27.